The van der Waals surface area contributed by atoms with Crippen LogP contribution in [-0.2, 0) is 20.1 Å². The van der Waals surface area contributed by atoms with Crippen molar-refractivity contribution < 1.29 is 0 Å². The van der Waals surface area contributed by atoms with E-state index in [1.165, 1.54) is 9.13 Å². The molecule has 2 aromatic heterocycles. The van der Waals surface area contributed by atoms with Crippen molar-refractivity contribution in [3.8, 4) is 0 Å². The quantitative estimate of drug-likeness (QED) is 0.764. The van der Waals surface area contributed by atoms with Gasteiger partial charge in [-0.15, -0.1) is 0 Å². The lowest BCUT2D eigenvalue weighted by molar-refractivity contribution is 0.633. The number of rotatable bonds is 2. The van der Waals surface area contributed by atoms with Crippen LogP contribution in [0.25, 0.3) is 11.2 Å². The summed E-state index contributed by atoms with van der Waals surface area (Å²) in [5.41, 5.74) is 5.75. The largest absolute Gasteiger partial charge is 0.369 e. The minimum Gasteiger partial charge on any atom is -0.369 e. The number of fused-ring (bicyclic) bond motifs is 1. The molecular weight excluding hydrogens is 222 g/mol. The van der Waals surface area contributed by atoms with Gasteiger partial charge in [-0.25, -0.2) is 4.79 Å². The third-order valence-corrected chi connectivity index (χ3v) is 2.89. The molecule has 0 unspecified atom stereocenters. The molecule has 0 saturated carbocycles. The molecule has 0 aliphatic heterocycles. The van der Waals surface area contributed by atoms with Crippen LogP contribution in [0, 0.1) is 0 Å². The average molecular weight is 237 g/mol. The molecule has 0 aliphatic rings. The van der Waals surface area contributed by atoms with Gasteiger partial charge in [-0.05, 0) is 13.8 Å². The summed E-state index contributed by atoms with van der Waals surface area (Å²) in [6.45, 7) is 4.50. The molecule has 0 aliphatic carbocycles. The van der Waals surface area contributed by atoms with E-state index in [1.54, 1.807) is 18.5 Å². The normalized spacial score (nSPS) is 11.2. The fourth-order valence-corrected chi connectivity index (χ4v) is 1.99. The van der Waals surface area contributed by atoms with Crippen molar-refractivity contribution >= 4 is 17.1 Å². The summed E-state index contributed by atoms with van der Waals surface area (Å²) in [5.74, 6) is 0.253. The summed E-state index contributed by atoms with van der Waals surface area (Å²) >= 11 is 0. The summed E-state index contributed by atoms with van der Waals surface area (Å²) in [5, 5.41) is 0. The number of aryl methyl sites for hydroxylation is 2. The molecule has 0 fully saturated rings. The van der Waals surface area contributed by atoms with Gasteiger partial charge in [-0.1, -0.05) is 0 Å². The zero-order chi connectivity index (χ0) is 12.7. The number of imidazole rings is 1. The van der Waals surface area contributed by atoms with Gasteiger partial charge < -0.3 is 10.3 Å². The van der Waals surface area contributed by atoms with Gasteiger partial charge in [0.15, 0.2) is 11.2 Å². The first kappa shape index (κ1) is 11.4. The third kappa shape index (κ3) is 1.38. The smallest absolute Gasteiger partial charge is 0.332 e. The fourth-order valence-electron chi connectivity index (χ4n) is 1.99. The molecule has 17 heavy (non-hydrogen) atoms. The van der Waals surface area contributed by atoms with E-state index >= 15 is 0 Å². The molecule has 0 spiro atoms. The predicted molar refractivity (Wildman–Crippen MR) is 65.0 cm³/mol. The molecule has 92 valence electrons. The van der Waals surface area contributed by atoms with Crippen LogP contribution in [0.1, 0.15) is 13.8 Å². The SMILES string of the molecule is CCn1c(=O)c2c(nc(N)n2CC)n(C)c1=O. The molecule has 7 nitrogen and oxygen atoms in total. The van der Waals surface area contributed by atoms with E-state index in [9.17, 15) is 9.59 Å². The van der Waals surface area contributed by atoms with Gasteiger partial charge in [0.2, 0.25) is 5.95 Å². The van der Waals surface area contributed by atoms with Crippen molar-refractivity contribution in [2.45, 2.75) is 26.9 Å². The number of hydrogen-bond donors (Lipinski definition) is 1. The van der Waals surface area contributed by atoms with Crippen LogP contribution in [0.15, 0.2) is 9.59 Å². The average Bonchev–Trinajstić information content (AvgIpc) is 2.64. The van der Waals surface area contributed by atoms with Crippen LogP contribution < -0.4 is 17.0 Å². The Hall–Kier alpha value is -2.05. The van der Waals surface area contributed by atoms with Gasteiger partial charge in [-0.2, -0.15) is 4.98 Å². The van der Waals surface area contributed by atoms with Gasteiger partial charge in [-0.3, -0.25) is 13.9 Å². The van der Waals surface area contributed by atoms with Crippen LogP contribution >= 0.6 is 0 Å². The highest BCUT2D eigenvalue weighted by Gasteiger charge is 2.17. The maximum absolute atomic E-state index is 12.2. The molecule has 7 heteroatoms. The van der Waals surface area contributed by atoms with Crippen LogP contribution in [-0.4, -0.2) is 18.7 Å². The Labute approximate surface area is 97.1 Å². The van der Waals surface area contributed by atoms with Crippen molar-refractivity contribution in [2.24, 2.45) is 7.05 Å². The summed E-state index contributed by atoms with van der Waals surface area (Å²) < 4.78 is 4.14. The molecule has 2 heterocycles. The number of anilines is 1. The Balaban J connectivity index is 3.11. The van der Waals surface area contributed by atoms with Crippen LogP contribution in [0.3, 0.4) is 0 Å². The van der Waals surface area contributed by atoms with E-state index in [2.05, 4.69) is 4.98 Å². The molecule has 0 saturated heterocycles. The molecular formula is C10H15N5O2. The number of nitrogen functional groups attached to an aromatic ring is 1. The Kier molecular flexibility index (Phi) is 2.53. The maximum atomic E-state index is 12.2. The molecule has 0 amide bonds. The van der Waals surface area contributed by atoms with Gasteiger partial charge >= 0.3 is 5.69 Å². The first-order valence-electron chi connectivity index (χ1n) is 5.48. The number of nitrogens with two attached hydrogens (primary N) is 1. The number of hydrogen-bond acceptors (Lipinski definition) is 4. The lowest BCUT2D eigenvalue weighted by Gasteiger charge is -2.06. The second-order valence-electron chi connectivity index (χ2n) is 3.78. The zero-order valence-electron chi connectivity index (χ0n) is 10.1. The molecule has 2 aromatic rings. The second kappa shape index (κ2) is 3.76. The van der Waals surface area contributed by atoms with Gasteiger partial charge in [0.1, 0.15) is 0 Å². The molecule has 0 atom stereocenters. The number of aromatic nitrogens is 4. The molecule has 2 N–H and O–H groups in total. The lowest BCUT2D eigenvalue weighted by Crippen LogP contribution is -2.39. The first-order chi connectivity index (χ1) is 8.02. The molecule has 0 radical (unpaired) electrons. The maximum Gasteiger partial charge on any atom is 0.332 e. The Morgan fingerprint density at radius 1 is 1.18 bits per heavy atom. The van der Waals surface area contributed by atoms with Crippen molar-refractivity contribution in [1.82, 2.24) is 18.7 Å². The van der Waals surface area contributed by atoms with E-state index in [4.69, 9.17) is 5.73 Å². The van der Waals surface area contributed by atoms with E-state index in [0.717, 1.165) is 0 Å². The monoisotopic (exact) mass is 237 g/mol. The fraction of sp³-hybridized carbons (Fsp3) is 0.500. The van der Waals surface area contributed by atoms with E-state index in [-0.39, 0.29) is 17.2 Å². The first-order valence-corrected chi connectivity index (χ1v) is 5.48. The highest BCUT2D eigenvalue weighted by Crippen LogP contribution is 2.11. The minimum absolute atomic E-state index is 0.253. The van der Waals surface area contributed by atoms with Crippen LogP contribution in [0.4, 0.5) is 5.95 Å². The van der Waals surface area contributed by atoms with Crippen molar-refractivity contribution in [2.75, 3.05) is 5.73 Å². The van der Waals surface area contributed by atoms with Gasteiger partial charge in [0, 0.05) is 20.1 Å². The summed E-state index contributed by atoms with van der Waals surface area (Å²) in [4.78, 5) is 28.1. The standard InChI is InChI=1S/C10H15N5O2/c1-4-14-6-7(12-9(14)11)13(3)10(17)15(5-2)8(6)16/h4-5H2,1-3H3,(H2,11,12). The van der Waals surface area contributed by atoms with E-state index in [0.29, 0.717) is 24.3 Å². The highest BCUT2D eigenvalue weighted by molar-refractivity contribution is 5.73. The van der Waals surface area contributed by atoms with E-state index < -0.39 is 0 Å². The second-order valence-corrected chi connectivity index (χ2v) is 3.78. The van der Waals surface area contributed by atoms with Crippen LogP contribution in [0.2, 0.25) is 0 Å². The predicted octanol–water partition coefficient (Wildman–Crippen LogP) is -0.481. The minimum atomic E-state index is -0.370. The molecule has 0 bridgehead atoms. The highest BCUT2D eigenvalue weighted by atomic mass is 16.2. The van der Waals surface area contributed by atoms with Crippen LogP contribution in [0.5, 0.6) is 0 Å². The molecule has 0 aromatic carbocycles. The van der Waals surface area contributed by atoms with Crippen molar-refractivity contribution in [3.05, 3.63) is 20.8 Å². The van der Waals surface area contributed by atoms with Crippen molar-refractivity contribution in [1.29, 1.82) is 0 Å². The van der Waals surface area contributed by atoms with Gasteiger partial charge in [0.05, 0.1) is 0 Å². The summed E-state index contributed by atoms with van der Waals surface area (Å²) in [7, 11) is 1.59. The Morgan fingerprint density at radius 2 is 1.76 bits per heavy atom. The van der Waals surface area contributed by atoms with Gasteiger partial charge in [0.25, 0.3) is 5.56 Å². The van der Waals surface area contributed by atoms with Crippen molar-refractivity contribution in [3.63, 3.8) is 0 Å². The molecule has 2 rings (SSSR count). The number of nitrogens with zero attached hydrogens (tertiary/aromatic N) is 4. The zero-order valence-corrected chi connectivity index (χ0v) is 10.1. The Morgan fingerprint density at radius 3 is 2.29 bits per heavy atom. The topological polar surface area (TPSA) is 87.8 Å². The third-order valence-electron chi connectivity index (χ3n) is 2.89. The summed E-state index contributed by atoms with van der Waals surface area (Å²) in [6, 6.07) is 0. The Bertz CT molecular complexity index is 691. The van der Waals surface area contributed by atoms with E-state index in [1.807, 2.05) is 6.92 Å². The summed E-state index contributed by atoms with van der Waals surface area (Å²) in [6.07, 6.45) is 0. The lowest BCUT2D eigenvalue weighted by atomic mass is 10.5.